The third kappa shape index (κ3) is 2.65. The van der Waals surface area contributed by atoms with Gasteiger partial charge in [-0.25, -0.2) is 4.79 Å². The van der Waals surface area contributed by atoms with Crippen molar-refractivity contribution in [2.45, 2.75) is 17.8 Å². The lowest BCUT2D eigenvalue weighted by Crippen LogP contribution is -2.40. The number of halogens is 1. The van der Waals surface area contributed by atoms with Crippen LogP contribution in [0.25, 0.3) is 0 Å². The average Bonchev–Trinajstić information content (AvgIpc) is 2.80. The zero-order chi connectivity index (χ0) is 13.1. The number of thiocarbonyl (C=S) groups is 1. The summed E-state index contributed by atoms with van der Waals surface area (Å²) >= 11 is 11.6. The van der Waals surface area contributed by atoms with Gasteiger partial charge in [-0.1, -0.05) is 42.5 Å². The SMILES string of the molecule is COC(=O)[C@@H]1CC(Cl)CN1C(=S)c1ccccc1. The van der Waals surface area contributed by atoms with Crippen molar-refractivity contribution in [1.82, 2.24) is 4.90 Å². The Morgan fingerprint density at radius 2 is 2.11 bits per heavy atom. The van der Waals surface area contributed by atoms with Gasteiger partial charge in [0.1, 0.15) is 11.0 Å². The summed E-state index contributed by atoms with van der Waals surface area (Å²) in [5.41, 5.74) is 0.923. The number of hydrogen-bond acceptors (Lipinski definition) is 3. The molecule has 2 atom stereocenters. The molecule has 1 heterocycles. The number of hydrogen-bond donors (Lipinski definition) is 0. The van der Waals surface area contributed by atoms with Crippen molar-refractivity contribution in [1.29, 1.82) is 0 Å². The molecule has 0 aromatic heterocycles. The minimum Gasteiger partial charge on any atom is -0.467 e. The van der Waals surface area contributed by atoms with Gasteiger partial charge >= 0.3 is 5.97 Å². The summed E-state index contributed by atoms with van der Waals surface area (Å²) in [6.07, 6.45) is 0.571. The molecular weight excluding hydrogens is 270 g/mol. The number of methoxy groups -OCH3 is 1. The minimum absolute atomic E-state index is 0.0734. The molecule has 0 spiro atoms. The Bertz CT molecular complexity index is 452. The van der Waals surface area contributed by atoms with Gasteiger partial charge < -0.3 is 9.64 Å². The van der Waals surface area contributed by atoms with Crippen molar-refractivity contribution in [2.75, 3.05) is 13.7 Å². The highest BCUT2D eigenvalue weighted by molar-refractivity contribution is 7.80. The number of benzene rings is 1. The van der Waals surface area contributed by atoms with Crippen molar-refractivity contribution in [3.63, 3.8) is 0 Å². The van der Waals surface area contributed by atoms with E-state index in [0.717, 1.165) is 5.56 Å². The fraction of sp³-hybridized carbons (Fsp3) is 0.385. The van der Waals surface area contributed by atoms with Gasteiger partial charge in [-0.2, -0.15) is 0 Å². The molecule has 1 aromatic carbocycles. The second-order valence-corrected chi connectivity index (χ2v) is 5.20. The standard InChI is InChI=1S/C13H14ClNO2S/c1-17-13(16)11-7-10(14)8-15(11)12(18)9-5-3-2-4-6-9/h2-6,10-11H,7-8H2,1H3/t10?,11-/m0/s1. The van der Waals surface area contributed by atoms with E-state index in [1.165, 1.54) is 7.11 Å². The molecule has 1 aromatic rings. The molecular formula is C13H14ClNO2S. The Labute approximate surface area is 117 Å². The smallest absolute Gasteiger partial charge is 0.328 e. The maximum atomic E-state index is 11.7. The molecule has 1 unspecified atom stereocenters. The highest BCUT2D eigenvalue weighted by atomic mass is 35.5. The van der Waals surface area contributed by atoms with Crippen LogP contribution in [0.3, 0.4) is 0 Å². The van der Waals surface area contributed by atoms with Crippen molar-refractivity contribution < 1.29 is 9.53 Å². The number of alkyl halides is 1. The number of esters is 1. The lowest BCUT2D eigenvalue weighted by molar-refractivity contribution is -0.144. The van der Waals surface area contributed by atoms with Gasteiger partial charge in [-0.15, -0.1) is 11.6 Å². The molecule has 18 heavy (non-hydrogen) atoms. The fourth-order valence-corrected chi connectivity index (χ4v) is 2.77. The van der Waals surface area contributed by atoms with Crippen LogP contribution in [0.2, 0.25) is 0 Å². The Hall–Kier alpha value is -1.13. The van der Waals surface area contributed by atoms with Crippen LogP contribution in [0.1, 0.15) is 12.0 Å². The highest BCUT2D eigenvalue weighted by Gasteiger charge is 2.38. The molecule has 0 N–H and O–H groups in total. The third-order valence-corrected chi connectivity index (χ3v) is 3.79. The molecule has 0 bridgehead atoms. The largest absolute Gasteiger partial charge is 0.467 e. The third-order valence-electron chi connectivity index (χ3n) is 3.00. The second kappa shape index (κ2) is 5.67. The number of ether oxygens (including phenoxy) is 1. The molecule has 1 aliphatic rings. The molecule has 2 rings (SSSR count). The van der Waals surface area contributed by atoms with Gasteiger partial charge in [0, 0.05) is 12.1 Å². The first-order valence-electron chi connectivity index (χ1n) is 5.71. The maximum Gasteiger partial charge on any atom is 0.328 e. The molecule has 96 valence electrons. The first-order valence-corrected chi connectivity index (χ1v) is 6.56. The van der Waals surface area contributed by atoms with E-state index in [9.17, 15) is 4.79 Å². The van der Waals surface area contributed by atoms with E-state index in [1.54, 1.807) is 0 Å². The quantitative estimate of drug-likeness (QED) is 0.473. The molecule has 0 amide bonds. The Kier molecular flexibility index (Phi) is 4.19. The summed E-state index contributed by atoms with van der Waals surface area (Å²) in [5.74, 6) is -0.281. The molecule has 0 saturated carbocycles. The van der Waals surface area contributed by atoms with Gasteiger partial charge in [0.2, 0.25) is 0 Å². The number of carbonyl (C=O) groups is 1. The lowest BCUT2D eigenvalue weighted by Gasteiger charge is -2.25. The van der Waals surface area contributed by atoms with Crippen molar-refractivity contribution >= 4 is 34.8 Å². The van der Waals surface area contributed by atoms with Crippen LogP contribution >= 0.6 is 23.8 Å². The van der Waals surface area contributed by atoms with Crippen LogP contribution in [-0.2, 0) is 9.53 Å². The topological polar surface area (TPSA) is 29.5 Å². The van der Waals surface area contributed by atoms with Crippen LogP contribution in [0.5, 0.6) is 0 Å². The monoisotopic (exact) mass is 283 g/mol. The molecule has 0 radical (unpaired) electrons. The summed E-state index contributed by atoms with van der Waals surface area (Å²) in [6, 6.07) is 9.26. The van der Waals surface area contributed by atoms with Gasteiger partial charge in [0.05, 0.1) is 12.5 Å². The number of likely N-dealkylation sites (tertiary alicyclic amines) is 1. The predicted octanol–water partition coefficient (Wildman–Crippen LogP) is 2.22. The summed E-state index contributed by atoms with van der Waals surface area (Å²) in [6.45, 7) is 0.578. The van der Waals surface area contributed by atoms with E-state index in [-0.39, 0.29) is 17.4 Å². The molecule has 0 aliphatic carbocycles. The molecule has 1 saturated heterocycles. The molecule has 1 aliphatic heterocycles. The number of carbonyl (C=O) groups excluding carboxylic acids is 1. The van der Waals surface area contributed by atoms with Gasteiger partial charge in [0.25, 0.3) is 0 Å². The van der Waals surface area contributed by atoms with Crippen LogP contribution in [-0.4, -0.2) is 40.9 Å². The van der Waals surface area contributed by atoms with E-state index in [2.05, 4.69) is 0 Å². The van der Waals surface area contributed by atoms with Crippen LogP contribution in [0.4, 0.5) is 0 Å². The Morgan fingerprint density at radius 1 is 1.44 bits per heavy atom. The average molecular weight is 284 g/mol. The van der Waals surface area contributed by atoms with E-state index in [0.29, 0.717) is 18.0 Å². The summed E-state index contributed by atoms with van der Waals surface area (Å²) in [7, 11) is 1.38. The van der Waals surface area contributed by atoms with E-state index in [1.807, 2.05) is 35.2 Å². The summed E-state index contributed by atoms with van der Waals surface area (Å²) < 4.78 is 4.80. The van der Waals surface area contributed by atoms with Crippen LogP contribution in [0, 0.1) is 0 Å². The molecule has 5 heteroatoms. The predicted molar refractivity (Wildman–Crippen MR) is 74.9 cm³/mol. The van der Waals surface area contributed by atoms with E-state index >= 15 is 0 Å². The lowest BCUT2D eigenvalue weighted by atomic mass is 10.2. The molecule has 3 nitrogen and oxygen atoms in total. The van der Waals surface area contributed by atoms with Gasteiger partial charge in [0.15, 0.2) is 0 Å². The van der Waals surface area contributed by atoms with Crippen LogP contribution in [0.15, 0.2) is 30.3 Å². The van der Waals surface area contributed by atoms with Gasteiger partial charge in [-0.3, -0.25) is 0 Å². The zero-order valence-electron chi connectivity index (χ0n) is 10.0. The second-order valence-electron chi connectivity index (χ2n) is 4.20. The minimum atomic E-state index is -0.370. The highest BCUT2D eigenvalue weighted by Crippen LogP contribution is 2.25. The summed E-state index contributed by atoms with van der Waals surface area (Å²) in [4.78, 5) is 14.2. The maximum absolute atomic E-state index is 11.7. The first-order chi connectivity index (χ1) is 8.63. The van der Waals surface area contributed by atoms with Crippen molar-refractivity contribution in [3.05, 3.63) is 35.9 Å². The zero-order valence-corrected chi connectivity index (χ0v) is 11.6. The van der Waals surface area contributed by atoms with E-state index in [4.69, 9.17) is 28.6 Å². The van der Waals surface area contributed by atoms with E-state index < -0.39 is 0 Å². The van der Waals surface area contributed by atoms with Crippen molar-refractivity contribution in [2.24, 2.45) is 0 Å². The van der Waals surface area contributed by atoms with Crippen molar-refractivity contribution in [3.8, 4) is 0 Å². The van der Waals surface area contributed by atoms with Gasteiger partial charge in [-0.05, 0) is 6.42 Å². The van der Waals surface area contributed by atoms with Crippen LogP contribution < -0.4 is 0 Å². The normalized spacial score (nSPS) is 22.9. The summed E-state index contributed by atoms with van der Waals surface area (Å²) in [5, 5.41) is -0.0734. The Morgan fingerprint density at radius 3 is 2.72 bits per heavy atom. The Balaban J connectivity index is 2.21. The molecule has 1 fully saturated rings. The first kappa shape index (κ1) is 13.3. The number of rotatable bonds is 2. The fourth-order valence-electron chi connectivity index (χ4n) is 2.12. The number of nitrogens with zero attached hydrogens (tertiary/aromatic N) is 1.